The molecule has 0 radical (unpaired) electrons. The SMILES string of the molecule is O=c1c(N2CCN(CCCl)CC2)nccn1C1CC1. The van der Waals surface area contributed by atoms with Crippen LogP contribution in [0.25, 0.3) is 0 Å². The molecule has 3 rings (SSSR count). The van der Waals surface area contributed by atoms with E-state index in [-0.39, 0.29) is 5.56 Å². The Hall–Kier alpha value is -1.07. The summed E-state index contributed by atoms with van der Waals surface area (Å²) in [4.78, 5) is 21.1. The van der Waals surface area contributed by atoms with E-state index < -0.39 is 0 Å². The molecule has 2 aliphatic rings. The van der Waals surface area contributed by atoms with Crippen LogP contribution in [-0.2, 0) is 0 Å². The molecule has 0 N–H and O–H groups in total. The molecule has 19 heavy (non-hydrogen) atoms. The number of aromatic nitrogens is 2. The second-order valence-corrected chi connectivity index (χ2v) is 5.59. The summed E-state index contributed by atoms with van der Waals surface area (Å²) in [5.74, 6) is 1.28. The largest absolute Gasteiger partial charge is 0.349 e. The molecule has 6 heteroatoms. The topological polar surface area (TPSA) is 41.4 Å². The molecule has 1 aliphatic heterocycles. The molecule has 2 fully saturated rings. The van der Waals surface area contributed by atoms with E-state index in [1.165, 1.54) is 0 Å². The molecule has 0 aromatic carbocycles. The second-order valence-electron chi connectivity index (χ2n) is 5.21. The maximum Gasteiger partial charge on any atom is 0.293 e. The molecule has 0 atom stereocenters. The van der Waals surface area contributed by atoms with Crippen molar-refractivity contribution in [1.29, 1.82) is 0 Å². The fourth-order valence-corrected chi connectivity index (χ4v) is 2.81. The van der Waals surface area contributed by atoms with Crippen molar-refractivity contribution in [2.24, 2.45) is 0 Å². The van der Waals surface area contributed by atoms with Crippen LogP contribution in [0.3, 0.4) is 0 Å². The Bertz CT molecular complexity index is 492. The van der Waals surface area contributed by atoms with E-state index in [0.717, 1.165) is 45.6 Å². The average molecular weight is 283 g/mol. The number of nitrogens with zero attached hydrogens (tertiary/aromatic N) is 4. The maximum atomic E-state index is 12.4. The lowest BCUT2D eigenvalue weighted by Gasteiger charge is -2.34. The zero-order chi connectivity index (χ0) is 13.2. The second kappa shape index (κ2) is 5.51. The van der Waals surface area contributed by atoms with Crippen LogP contribution in [0, 0.1) is 0 Å². The lowest BCUT2D eigenvalue weighted by molar-refractivity contribution is 0.271. The minimum atomic E-state index is 0.0655. The number of alkyl halides is 1. The molecule has 1 saturated heterocycles. The van der Waals surface area contributed by atoms with Crippen LogP contribution in [-0.4, -0.2) is 53.1 Å². The number of rotatable bonds is 4. The molecule has 0 amide bonds. The molecule has 0 unspecified atom stereocenters. The Kier molecular flexibility index (Phi) is 3.75. The average Bonchev–Trinajstić information content (AvgIpc) is 3.25. The summed E-state index contributed by atoms with van der Waals surface area (Å²) in [5.41, 5.74) is 0.0655. The first-order valence-electron chi connectivity index (χ1n) is 6.90. The highest BCUT2D eigenvalue weighted by molar-refractivity contribution is 6.18. The summed E-state index contributed by atoms with van der Waals surface area (Å²) in [7, 11) is 0. The van der Waals surface area contributed by atoms with E-state index in [1.54, 1.807) is 6.20 Å². The first-order valence-corrected chi connectivity index (χ1v) is 7.43. The van der Waals surface area contributed by atoms with Crippen molar-refractivity contribution in [3.63, 3.8) is 0 Å². The molecule has 0 spiro atoms. The van der Waals surface area contributed by atoms with Gasteiger partial charge in [0.1, 0.15) is 0 Å². The van der Waals surface area contributed by atoms with Gasteiger partial charge in [-0.05, 0) is 12.8 Å². The molecule has 2 heterocycles. The molecule has 1 saturated carbocycles. The van der Waals surface area contributed by atoms with Crippen molar-refractivity contribution in [2.45, 2.75) is 18.9 Å². The molecule has 5 nitrogen and oxygen atoms in total. The van der Waals surface area contributed by atoms with E-state index >= 15 is 0 Å². The van der Waals surface area contributed by atoms with Crippen molar-refractivity contribution in [3.8, 4) is 0 Å². The Balaban J connectivity index is 1.73. The zero-order valence-corrected chi connectivity index (χ0v) is 11.7. The normalized spacial score (nSPS) is 20.8. The summed E-state index contributed by atoms with van der Waals surface area (Å²) < 4.78 is 1.84. The maximum absolute atomic E-state index is 12.4. The predicted octanol–water partition coefficient (Wildman–Crippen LogP) is 0.939. The van der Waals surface area contributed by atoms with Gasteiger partial charge in [-0.15, -0.1) is 11.6 Å². The minimum Gasteiger partial charge on any atom is -0.349 e. The summed E-state index contributed by atoms with van der Waals surface area (Å²) in [5, 5.41) is 0. The van der Waals surface area contributed by atoms with Crippen LogP contribution >= 0.6 is 11.6 Å². The van der Waals surface area contributed by atoms with Crippen molar-refractivity contribution < 1.29 is 0 Å². The van der Waals surface area contributed by atoms with Crippen molar-refractivity contribution in [1.82, 2.24) is 14.5 Å². The van der Waals surface area contributed by atoms with Gasteiger partial charge in [0.15, 0.2) is 5.82 Å². The van der Waals surface area contributed by atoms with E-state index in [2.05, 4.69) is 14.8 Å². The van der Waals surface area contributed by atoms with Crippen LogP contribution in [0.1, 0.15) is 18.9 Å². The Labute approximate surface area is 117 Å². The van der Waals surface area contributed by atoms with E-state index in [4.69, 9.17) is 11.6 Å². The van der Waals surface area contributed by atoms with Crippen LogP contribution < -0.4 is 10.5 Å². The van der Waals surface area contributed by atoms with Gasteiger partial charge >= 0.3 is 0 Å². The minimum absolute atomic E-state index is 0.0655. The molecule has 104 valence electrons. The summed E-state index contributed by atoms with van der Waals surface area (Å²) in [6.07, 6.45) is 5.80. The van der Waals surface area contributed by atoms with Gasteiger partial charge in [0, 0.05) is 57.0 Å². The lowest BCUT2D eigenvalue weighted by Crippen LogP contribution is -2.49. The number of anilines is 1. The molecule has 1 aromatic rings. The highest BCUT2D eigenvalue weighted by Crippen LogP contribution is 2.33. The fourth-order valence-electron chi connectivity index (χ4n) is 2.57. The zero-order valence-electron chi connectivity index (χ0n) is 11.0. The standard InChI is InChI=1S/C13H19ClN4O/c14-3-5-16-7-9-17(10-8-16)12-13(19)18(6-4-15-12)11-1-2-11/h4,6,11H,1-3,5,7-10H2. The third kappa shape index (κ3) is 2.77. The Morgan fingerprint density at radius 3 is 2.63 bits per heavy atom. The van der Waals surface area contributed by atoms with Crippen molar-refractivity contribution >= 4 is 17.4 Å². The third-order valence-corrected chi connectivity index (χ3v) is 4.03. The molecule has 0 bridgehead atoms. The summed E-state index contributed by atoms with van der Waals surface area (Å²) in [6, 6.07) is 0.409. The number of hydrogen-bond acceptors (Lipinski definition) is 4. The molecular formula is C13H19ClN4O. The highest BCUT2D eigenvalue weighted by atomic mass is 35.5. The van der Waals surface area contributed by atoms with E-state index in [0.29, 0.717) is 17.7 Å². The molecule has 1 aliphatic carbocycles. The number of halogens is 1. The van der Waals surface area contributed by atoms with Gasteiger partial charge < -0.3 is 9.47 Å². The van der Waals surface area contributed by atoms with Gasteiger partial charge in [0.05, 0.1) is 0 Å². The van der Waals surface area contributed by atoms with Crippen LogP contribution in [0.2, 0.25) is 0 Å². The number of piperazine rings is 1. The fraction of sp³-hybridized carbons (Fsp3) is 0.692. The van der Waals surface area contributed by atoms with Crippen molar-refractivity contribution in [3.05, 3.63) is 22.7 Å². The van der Waals surface area contributed by atoms with E-state index in [1.807, 2.05) is 10.8 Å². The quantitative estimate of drug-likeness (QED) is 0.771. The van der Waals surface area contributed by atoms with Crippen molar-refractivity contribution in [2.75, 3.05) is 43.5 Å². The van der Waals surface area contributed by atoms with Gasteiger partial charge in [0.2, 0.25) is 0 Å². The first kappa shape index (κ1) is 12.9. The van der Waals surface area contributed by atoms with Crippen LogP contribution in [0.4, 0.5) is 5.82 Å². The Morgan fingerprint density at radius 1 is 1.26 bits per heavy atom. The van der Waals surface area contributed by atoms with Gasteiger partial charge in [-0.1, -0.05) is 0 Å². The van der Waals surface area contributed by atoms with Gasteiger partial charge in [-0.3, -0.25) is 9.69 Å². The highest BCUT2D eigenvalue weighted by Gasteiger charge is 2.27. The third-order valence-electron chi connectivity index (χ3n) is 3.86. The molecule has 1 aromatic heterocycles. The predicted molar refractivity (Wildman–Crippen MR) is 76.1 cm³/mol. The van der Waals surface area contributed by atoms with Crippen LogP contribution in [0.5, 0.6) is 0 Å². The smallest absolute Gasteiger partial charge is 0.293 e. The van der Waals surface area contributed by atoms with Gasteiger partial charge in [0.25, 0.3) is 5.56 Å². The summed E-state index contributed by atoms with van der Waals surface area (Å²) in [6.45, 7) is 4.53. The summed E-state index contributed by atoms with van der Waals surface area (Å²) >= 11 is 5.76. The Morgan fingerprint density at radius 2 is 2.00 bits per heavy atom. The first-order chi connectivity index (χ1) is 9.29. The monoisotopic (exact) mass is 282 g/mol. The van der Waals surface area contributed by atoms with Gasteiger partial charge in [-0.2, -0.15) is 0 Å². The lowest BCUT2D eigenvalue weighted by atomic mass is 10.3. The molecular weight excluding hydrogens is 264 g/mol. The van der Waals surface area contributed by atoms with E-state index in [9.17, 15) is 4.79 Å². The number of hydrogen-bond donors (Lipinski definition) is 0. The van der Waals surface area contributed by atoms with Crippen LogP contribution in [0.15, 0.2) is 17.2 Å². The van der Waals surface area contributed by atoms with Gasteiger partial charge in [-0.25, -0.2) is 4.98 Å².